The van der Waals surface area contributed by atoms with Crippen LogP contribution >= 0.6 is 0 Å². The number of aldehydes is 1. The molecule has 0 fully saturated rings. The fourth-order valence-electron chi connectivity index (χ4n) is 1.41. The van der Waals surface area contributed by atoms with Gasteiger partial charge in [0.2, 0.25) is 0 Å². The molecule has 66 valence electrons. The van der Waals surface area contributed by atoms with E-state index in [0.29, 0.717) is 5.56 Å². The molecule has 0 radical (unpaired) electrons. The highest BCUT2D eigenvalue weighted by Gasteiger charge is 2.03. The standard InChI is InChI=1S/C10H10N2O/c1-7-11-9-5-8(6-13)3-4-10(9)12(7)2/h3-6H,1-2H3. The normalized spacial score (nSPS) is 10.6. The average Bonchev–Trinajstić information content (AvgIpc) is 2.42. The van der Waals surface area contributed by atoms with E-state index in [9.17, 15) is 4.79 Å². The molecule has 0 saturated carbocycles. The molecule has 1 aromatic carbocycles. The number of hydrogen-bond donors (Lipinski definition) is 0. The van der Waals surface area contributed by atoms with E-state index in [1.807, 2.05) is 24.6 Å². The van der Waals surface area contributed by atoms with Gasteiger partial charge in [-0.25, -0.2) is 4.98 Å². The first-order chi connectivity index (χ1) is 6.22. The summed E-state index contributed by atoms with van der Waals surface area (Å²) in [5.41, 5.74) is 2.61. The van der Waals surface area contributed by atoms with E-state index in [1.54, 1.807) is 12.1 Å². The van der Waals surface area contributed by atoms with E-state index < -0.39 is 0 Å². The third-order valence-electron chi connectivity index (χ3n) is 2.26. The number of aromatic nitrogens is 2. The lowest BCUT2D eigenvalue weighted by molar-refractivity contribution is 0.112. The van der Waals surface area contributed by atoms with Crippen LogP contribution in [-0.2, 0) is 7.05 Å². The first-order valence-electron chi connectivity index (χ1n) is 4.10. The van der Waals surface area contributed by atoms with Crippen LogP contribution in [-0.4, -0.2) is 15.8 Å². The number of carbonyl (C=O) groups excluding carboxylic acids is 1. The Hall–Kier alpha value is -1.64. The number of imidazole rings is 1. The van der Waals surface area contributed by atoms with Crippen LogP contribution in [0.3, 0.4) is 0 Å². The van der Waals surface area contributed by atoms with Crippen molar-refractivity contribution in [1.82, 2.24) is 9.55 Å². The summed E-state index contributed by atoms with van der Waals surface area (Å²) in [5.74, 6) is 0.957. The highest BCUT2D eigenvalue weighted by Crippen LogP contribution is 2.15. The molecule has 0 N–H and O–H groups in total. The second kappa shape index (κ2) is 2.69. The van der Waals surface area contributed by atoms with Gasteiger partial charge in [0, 0.05) is 12.6 Å². The van der Waals surface area contributed by atoms with Gasteiger partial charge in [0.05, 0.1) is 11.0 Å². The summed E-state index contributed by atoms with van der Waals surface area (Å²) in [4.78, 5) is 14.8. The zero-order valence-electron chi connectivity index (χ0n) is 7.61. The lowest BCUT2D eigenvalue weighted by atomic mass is 10.2. The van der Waals surface area contributed by atoms with Gasteiger partial charge in [-0.2, -0.15) is 0 Å². The molecule has 0 aliphatic heterocycles. The van der Waals surface area contributed by atoms with Crippen LogP contribution in [0.1, 0.15) is 16.2 Å². The Kier molecular flexibility index (Phi) is 1.65. The average molecular weight is 174 g/mol. The van der Waals surface area contributed by atoms with Gasteiger partial charge in [-0.15, -0.1) is 0 Å². The van der Waals surface area contributed by atoms with Gasteiger partial charge in [0.15, 0.2) is 0 Å². The zero-order valence-corrected chi connectivity index (χ0v) is 7.61. The maximum absolute atomic E-state index is 10.5. The van der Waals surface area contributed by atoms with Gasteiger partial charge in [-0.1, -0.05) is 0 Å². The Bertz CT molecular complexity index is 471. The quantitative estimate of drug-likeness (QED) is 0.617. The van der Waals surface area contributed by atoms with Crippen LogP contribution in [0.25, 0.3) is 11.0 Å². The first kappa shape index (κ1) is 7.98. The Morgan fingerprint density at radius 2 is 2.23 bits per heavy atom. The number of benzene rings is 1. The Balaban J connectivity index is 2.79. The van der Waals surface area contributed by atoms with Crippen LogP contribution < -0.4 is 0 Å². The van der Waals surface area contributed by atoms with Crippen molar-refractivity contribution in [2.24, 2.45) is 7.05 Å². The lowest BCUT2D eigenvalue weighted by Crippen LogP contribution is -1.89. The molecule has 0 unspecified atom stereocenters. The third kappa shape index (κ3) is 1.13. The van der Waals surface area contributed by atoms with Gasteiger partial charge < -0.3 is 4.57 Å². The van der Waals surface area contributed by atoms with E-state index in [1.165, 1.54) is 0 Å². The molecule has 3 heteroatoms. The molecule has 13 heavy (non-hydrogen) atoms. The molecule has 0 aliphatic carbocycles. The molecule has 2 rings (SSSR count). The Morgan fingerprint density at radius 1 is 1.46 bits per heavy atom. The molecule has 1 heterocycles. The summed E-state index contributed by atoms with van der Waals surface area (Å²) < 4.78 is 2.00. The molecule has 0 atom stereocenters. The second-order valence-electron chi connectivity index (χ2n) is 3.08. The summed E-state index contributed by atoms with van der Waals surface area (Å²) >= 11 is 0. The minimum Gasteiger partial charge on any atom is -0.331 e. The maximum atomic E-state index is 10.5. The predicted octanol–water partition coefficient (Wildman–Crippen LogP) is 1.69. The van der Waals surface area contributed by atoms with Crippen molar-refractivity contribution < 1.29 is 4.79 Å². The minimum atomic E-state index is 0.672. The van der Waals surface area contributed by atoms with Gasteiger partial charge in [-0.05, 0) is 25.1 Å². The Morgan fingerprint density at radius 3 is 2.92 bits per heavy atom. The Labute approximate surface area is 76.0 Å². The zero-order chi connectivity index (χ0) is 9.42. The van der Waals surface area contributed by atoms with Gasteiger partial charge in [0.25, 0.3) is 0 Å². The lowest BCUT2D eigenvalue weighted by Gasteiger charge is -1.95. The molecule has 0 bridgehead atoms. The molecule has 3 nitrogen and oxygen atoms in total. The fraction of sp³-hybridized carbons (Fsp3) is 0.200. The van der Waals surface area contributed by atoms with Crippen molar-refractivity contribution in [3.8, 4) is 0 Å². The smallest absolute Gasteiger partial charge is 0.150 e. The molecular weight excluding hydrogens is 164 g/mol. The monoisotopic (exact) mass is 174 g/mol. The maximum Gasteiger partial charge on any atom is 0.150 e. The van der Waals surface area contributed by atoms with Crippen LogP contribution in [0.2, 0.25) is 0 Å². The van der Waals surface area contributed by atoms with E-state index in [-0.39, 0.29) is 0 Å². The SMILES string of the molecule is Cc1nc2cc(C=O)ccc2n1C. The molecule has 0 saturated heterocycles. The third-order valence-corrected chi connectivity index (χ3v) is 2.26. The van der Waals surface area contributed by atoms with Crippen molar-refractivity contribution in [3.63, 3.8) is 0 Å². The second-order valence-corrected chi connectivity index (χ2v) is 3.08. The summed E-state index contributed by atoms with van der Waals surface area (Å²) in [6, 6.07) is 5.52. The van der Waals surface area contributed by atoms with Crippen molar-refractivity contribution in [2.75, 3.05) is 0 Å². The molecular formula is C10H10N2O. The number of hydrogen-bond acceptors (Lipinski definition) is 2. The van der Waals surface area contributed by atoms with E-state index >= 15 is 0 Å². The van der Waals surface area contributed by atoms with Gasteiger partial charge >= 0.3 is 0 Å². The number of aryl methyl sites for hydroxylation is 2. The van der Waals surface area contributed by atoms with Crippen molar-refractivity contribution in [3.05, 3.63) is 29.6 Å². The van der Waals surface area contributed by atoms with Crippen LogP contribution in [0.5, 0.6) is 0 Å². The minimum absolute atomic E-state index is 0.672. The van der Waals surface area contributed by atoms with E-state index in [4.69, 9.17) is 0 Å². The summed E-state index contributed by atoms with van der Waals surface area (Å²) in [6.07, 6.45) is 0.837. The van der Waals surface area contributed by atoms with Crippen LogP contribution in [0, 0.1) is 6.92 Å². The molecule has 0 aliphatic rings. The number of fused-ring (bicyclic) bond motifs is 1. The molecule has 0 amide bonds. The number of carbonyl (C=O) groups is 1. The number of nitrogens with zero attached hydrogens (tertiary/aromatic N) is 2. The van der Waals surface area contributed by atoms with Crippen molar-refractivity contribution >= 4 is 17.3 Å². The van der Waals surface area contributed by atoms with Crippen LogP contribution in [0.15, 0.2) is 18.2 Å². The van der Waals surface area contributed by atoms with Gasteiger partial charge in [0.1, 0.15) is 12.1 Å². The number of rotatable bonds is 1. The highest BCUT2D eigenvalue weighted by molar-refractivity contribution is 5.85. The first-order valence-corrected chi connectivity index (χ1v) is 4.10. The van der Waals surface area contributed by atoms with Crippen molar-refractivity contribution in [1.29, 1.82) is 0 Å². The van der Waals surface area contributed by atoms with E-state index in [2.05, 4.69) is 4.98 Å². The highest BCUT2D eigenvalue weighted by atomic mass is 16.1. The largest absolute Gasteiger partial charge is 0.331 e. The fourth-order valence-corrected chi connectivity index (χ4v) is 1.41. The van der Waals surface area contributed by atoms with Crippen molar-refractivity contribution in [2.45, 2.75) is 6.92 Å². The van der Waals surface area contributed by atoms with Gasteiger partial charge in [-0.3, -0.25) is 4.79 Å². The predicted molar refractivity (Wildman–Crippen MR) is 50.8 cm³/mol. The summed E-state index contributed by atoms with van der Waals surface area (Å²) in [7, 11) is 1.96. The summed E-state index contributed by atoms with van der Waals surface area (Å²) in [5, 5.41) is 0. The molecule has 2 aromatic rings. The molecule has 0 spiro atoms. The van der Waals surface area contributed by atoms with Crippen LogP contribution in [0.4, 0.5) is 0 Å². The topological polar surface area (TPSA) is 34.9 Å². The molecule has 1 aromatic heterocycles. The van der Waals surface area contributed by atoms with E-state index in [0.717, 1.165) is 23.1 Å². The summed E-state index contributed by atoms with van der Waals surface area (Å²) in [6.45, 7) is 1.95.